The smallest absolute Gasteiger partial charge is 0.408 e. The van der Waals surface area contributed by atoms with Crippen molar-refractivity contribution in [1.29, 1.82) is 0 Å². The van der Waals surface area contributed by atoms with Gasteiger partial charge in [0.05, 0.1) is 0 Å². The number of nitrogens with two attached hydrogens (primary N) is 1. The lowest BCUT2D eigenvalue weighted by Gasteiger charge is -2.24. The SMILES string of the molecule is CC(c1nc(C)ccc1O)=[N+](Cl)OC(C)(OC(N)=O)c1ccc(C)cc1. The number of hydrogen-bond acceptors (Lipinski definition) is 5. The summed E-state index contributed by atoms with van der Waals surface area (Å²) in [5.41, 5.74) is 7.98. The van der Waals surface area contributed by atoms with Gasteiger partial charge in [-0.1, -0.05) is 29.8 Å². The number of ether oxygens (including phenoxy) is 1. The third-order valence-corrected chi connectivity index (χ3v) is 4.07. The maximum absolute atomic E-state index is 11.4. The minimum atomic E-state index is -1.58. The zero-order valence-electron chi connectivity index (χ0n) is 15.0. The fraction of sp³-hybridized carbons (Fsp3) is 0.278. The second kappa shape index (κ2) is 7.61. The summed E-state index contributed by atoms with van der Waals surface area (Å²) in [6.07, 6.45) is -1.02. The minimum absolute atomic E-state index is 0.0600. The van der Waals surface area contributed by atoms with Gasteiger partial charge >= 0.3 is 23.7 Å². The van der Waals surface area contributed by atoms with E-state index in [0.29, 0.717) is 17.0 Å². The van der Waals surface area contributed by atoms with E-state index in [1.165, 1.54) is 13.0 Å². The van der Waals surface area contributed by atoms with Crippen molar-refractivity contribution in [3.63, 3.8) is 0 Å². The van der Waals surface area contributed by atoms with E-state index in [1.807, 2.05) is 19.1 Å². The number of primary amides is 1. The van der Waals surface area contributed by atoms with Crippen LogP contribution < -0.4 is 5.73 Å². The molecule has 1 unspecified atom stereocenters. The average Bonchev–Trinajstić information content (AvgIpc) is 2.56. The highest BCUT2D eigenvalue weighted by Crippen LogP contribution is 2.29. The number of carbonyl (C=O) groups excluding carboxylic acids is 1. The summed E-state index contributed by atoms with van der Waals surface area (Å²) in [6, 6.07) is 10.3. The van der Waals surface area contributed by atoms with Gasteiger partial charge < -0.3 is 15.6 Å². The van der Waals surface area contributed by atoms with Gasteiger partial charge in [0.1, 0.15) is 10.0 Å². The number of nitrogens with zero attached hydrogens (tertiary/aromatic N) is 2. The first kappa shape index (κ1) is 19.5. The number of aromatic nitrogens is 1. The molecule has 1 aromatic carbocycles. The normalized spacial score (nSPS) is 14.2. The molecule has 1 atom stereocenters. The van der Waals surface area contributed by atoms with Gasteiger partial charge in [0, 0.05) is 25.1 Å². The lowest BCUT2D eigenvalue weighted by molar-refractivity contribution is -0.731. The second-order valence-electron chi connectivity index (χ2n) is 5.97. The van der Waals surface area contributed by atoms with E-state index in [4.69, 9.17) is 27.1 Å². The van der Waals surface area contributed by atoms with Crippen LogP contribution in [-0.4, -0.2) is 26.2 Å². The topological polar surface area (TPSA) is 97.7 Å². The molecule has 0 aliphatic carbocycles. The first-order chi connectivity index (χ1) is 12.1. The first-order valence-electron chi connectivity index (χ1n) is 7.83. The summed E-state index contributed by atoms with van der Waals surface area (Å²) in [7, 11) is 0. The Labute approximate surface area is 156 Å². The third kappa shape index (κ3) is 4.43. The molecular weight excluding hydrogens is 358 g/mol. The zero-order chi connectivity index (χ0) is 19.5. The minimum Gasteiger partial charge on any atom is -0.505 e. The summed E-state index contributed by atoms with van der Waals surface area (Å²) in [5.74, 6) is -1.64. The number of carbonyl (C=O) groups is 1. The summed E-state index contributed by atoms with van der Waals surface area (Å²) < 4.78 is 6.03. The van der Waals surface area contributed by atoms with Crippen molar-refractivity contribution in [1.82, 2.24) is 4.98 Å². The lowest BCUT2D eigenvalue weighted by Crippen LogP contribution is -2.37. The maximum Gasteiger partial charge on any atom is 0.408 e. The number of amides is 1. The molecule has 1 heterocycles. The largest absolute Gasteiger partial charge is 0.505 e. The Bertz CT molecular complexity index is 852. The van der Waals surface area contributed by atoms with E-state index in [2.05, 4.69) is 4.98 Å². The van der Waals surface area contributed by atoms with Crippen molar-refractivity contribution in [3.8, 4) is 5.75 Å². The van der Waals surface area contributed by atoms with Gasteiger partial charge in [0.2, 0.25) is 0 Å². The molecule has 0 bridgehead atoms. The van der Waals surface area contributed by atoms with Gasteiger partial charge in [-0.3, -0.25) is 0 Å². The van der Waals surface area contributed by atoms with Crippen molar-refractivity contribution >= 4 is 23.6 Å². The molecule has 2 aromatic rings. The number of hydrogen-bond donors (Lipinski definition) is 2. The Hall–Kier alpha value is -2.80. The van der Waals surface area contributed by atoms with Crippen LogP contribution in [0, 0.1) is 13.8 Å². The van der Waals surface area contributed by atoms with Crippen LogP contribution in [0.3, 0.4) is 0 Å². The van der Waals surface area contributed by atoms with Gasteiger partial charge in [0.15, 0.2) is 5.69 Å². The Balaban J connectivity index is 2.45. The van der Waals surface area contributed by atoms with Crippen LogP contribution in [-0.2, 0) is 15.4 Å². The molecule has 0 aliphatic heterocycles. The van der Waals surface area contributed by atoms with E-state index in [-0.39, 0.29) is 11.4 Å². The number of rotatable bonds is 5. The van der Waals surface area contributed by atoms with Gasteiger partial charge in [0.25, 0.3) is 5.71 Å². The molecule has 0 radical (unpaired) electrons. The highest BCUT2D eigenvalue weighted by atomic mass is 35.5. The van der Waals surface area contributed by atoms with E-state index in [1.54, 1.807) is 32.0 Å². The van der Waals surface area contributed by atoms with Gasteiger partial charge in [-0.05, 0) is 26.0 Å². The summed E-state index contributed by atoms with van der Waals surface area (Å²) in [5, 5.41) is 10.0. The molecule has 0 saturated carbocycles. The number of halogens is 1. The molecule has 0 aliphatic rings. The predicted molar refractivity (Wildman–Crippen MR) is 96.8 cm³/mol. The van der Waals surface area contributed by atoms with Crippen LogP contribution in [0.4, 0.5) is 4.79 Å². The number of aromatic hydroxyl groups is 1. The number of pyridine rings is 1. The lowest BCUT2D eigenvalue weighted by atomic mass is 10.1. The first-order valence-corrected chi connectivity index (χ1v) is 8.17. The molecule has 3 N–H and O–H groups in total. The van der Waals surface area contributed by atoms with E-state index in [9.17, 15) is 9.90 Å². The van der Waals surface area contributed by atoms with Gasteiger partial charge in [-0.25, -0.2) is 14.6 Å². The van der Waals surface area contributed by atoms with Crippen molar-refractivity contribution in [2.24, 2.45) is 5.73 Å². The molecule has 0 saturated heterocycles. The predicted octanol–water partition coefficient (Wildman–Crippen LogP) is 3.28. The Morgan fingerprint density at radius 3 is 2.42 bits per heavy atom. The Morgan fingerprint density at radius 2 is 1.85 bits per heavy atom. The van der Waals surface area contributed by atoms with Gasteiger partial charge in [-0.15, -0.1) is 0 Å². The molecular formula is C18H21ClN3O4+. The van der Waals surface area contributed by atoms with Crippen molar-refractivity contribution in [3.05, 3.63) is 58.9 Å². The summed E-state index contributed by atoms with van der Waals surface area (Å²) in [6.45, 7) is 6.82. The quantitative estimate of drug-likeness (QED) is 0.360. The second-order valence-corrected chi connectivity index (χ2v) is 6.28. The molecule has 0 spiro atoms. The van der Waals surface area contributed by atoms with Crippen molar-refractivity contribution in [2.75, 3.05) is 0 Å². The van der Waals surface area contributed by atoms with Crippen LogP contribution in [0.15, 0.2) is 36.4 Å². The monoisotopic (exact) mass is 378 g/mol. The average molecular weight is 379 g/mol. The van der Waals surface area contributed by atoms with Crippen LogP contribution in [0.25, 0.3) is 0 Å². The fourth-order valence-corrected chi connectivity index (χ4v) is 2.51. The Kier molecular flexibility index (Phi) is 5.72. The van der Waals surface area contributed by atoms with Crippen LogP contribution in [0.1, 0.15) is 36.4 Å². The van der Waals surface area contributed by atoms with Crippen molar-refractivity contribution in [2.45, 2.75) is 33.5 Å². The molecule has 138 valence electrons. The van der Waals surface area contributed by atoms with Gasteiger partial charge in [-0.2, -0.15) is 0 Å². The van der Waals surface area contributed by atoms with Crippen LogP contribution >= 0.6 is 11.8 Å². The fourth-order valence-electron chi connectivity index (χ4n) is 2.30. The maximum atomic E-state index is 11.4. The molecule has 7 nitrogen and oxygen atoms in total. The molecule has 0 fully saturated rings. The molecule has 26 heavy (non-hydrogen) atoms. The highest BCUT2D eigenvalue weighted by Gasteiger charge is 2.40. The molecule has 2 rings (SSSR count). The Morgan fingerprint density at radius 1 is 1.23 bits per heavy atom. The molecule has 1 aromatic heterocycles. The zero-order valence-corrected chi connectivity index (χ0v) is 15.7. The number of aryl methyl sites for hydroxylation is 2. The molecule has 1 amide bonds. The van der Waals surface area contributed by atoms with Crippen molar-refractivity contribution < 1.29 is 23.7 Å². The standard InChI is InChI=1S/C18H20ClN3O4/c1-11-5-8-14(9-6-11)18(4,25-17(20)24)26-22(19)13(3)16-15(23)10-7-12(2)21-16/h5-10H,1-4H3,(H2,20,24)/p+1. The van der Waals surface area contributed by atoms with Crippen LogP contribution in [0.2, 0.25) is 0 Å². The number of benzene rings is 1. The third-order valence-electron chi connectivity index (χ3n) is 3.75. The summed E-state index contributed by atoms with van der Waals surface area (Å²) in [4.78, 5) is 21.3. The summed E-state index contributed by atoms with van der Waals surface area (Å²) >= 11 is 6.23. The molecule has 8 heteroatoms. The van der Waals surface area contributed by atoms with E-state index < -0.39 is 11.9 Å². The van der Waals surface area contributed by atoms with E-state index >= 15 is 0 Å². The van der Waals surface area contributed by atoms with E-state index in [0.717, 1.165) is 9.82 Å². The van der Waals surface area contributed by atoms with Crippen LogP contribution in [0.5, 0.6) is 5.75 Å². The highest BCUT2D eigenvalue weighted by molar-refractivity contribution is 6.10.